The minimum atomic E-state index is -0.171. The second-order valence-corrected chi connectivity index (χ2v) is 5.28. The van der Waals surface area contributed by atoms with Gasteiger partial charge in [0.2, 0.25) is 0 Å². The molecule has 21 heavy (non-hydrogen) atoms. The first-order chi connectivity index (χ1) is 10.2. The second kappa shape index (κ2) is 7.27. The lowest BCUT2D eigenvalue weighted by molar-refractivity contribution is -0.146. The highest BCUT2D eigenvalue weighted by molar-refractivity contribution is 5.73. The molecule has 0 bridgehead atoms. The van der Waals surface area contributed by atoms with Crippen LogP contribution in [0.3, 0.4) is 0 Å². The van der Waals surface area contributed by atoms with Crippen LogP contribution in [-0.4, -0.2) is 26.3 Å². The van der Waals surface area contributed by atoms with Gasteiger partial charge in [-0.15, -0.1) is 6.58 Å². The summed E-state index contributed by atoms with van der Waals surface area (Å²) >= 11 is 0. The van der Waals surface area contributed by atoms with E-state index in [0.29, 0.717) is 13.0 Å². The largest absolute Gasteiger partial charge is 0.497 e. The SMILES string of the molecule is C=C[C@H]1C[C@H](OCc2ccc(OC)cc2)C[C@@H]1C(=O)OC. The molecule has 4 nitrogen and oxygen atoms in total. The van der Waals surface area contributed by atoms with Gasteiger partial charge in [-0.3, -0.25) is 4.79 Å². The van der Waals surface area contributed by atoms with Gasteiger partial charge in [-0.2, -0.15) is 0 Å². The van der Waals surface area contributed by atoms with Crippen LogP contribution >= 0.6 is 0 Å². The summed E-state index contributed by atoms with van der Waals surface area (Å²) in [6, 6.07) is 7.79. The first kappa shape index (κ1) is 15.6. The Morgan fingerprint density at radius 2 is 2.00 bits per heavy atom. The van der Waals surface area contributed by atoms with E-state index in [-0.39, 0.29) is 23.9 Å². The normalized spacial score (nSPS) is 24.6. The summed E-state index contributed by atoms with van der Waals surface area (Å²) in [5.74, 6) is 0.666. The lowest BCUT2D eigenvalue weighted by atomic mass is 9.97. The van der Waals surface area contributed by atoms with Crippen LogP contribution in [0.15, 0.2) is 36.9 Å². The highest BCUT2D eigenvalue weighted by Gasteiger charge is 2.38. The zero-order valence-electron chi connectivity index (χ0n) is 12.6. The summed E-state index contributed by atoms with van der Waals surface area (Å²) in [6.07, 6.45) is 3.41. The van der Waals surface area contributed by atoms with E-state index in [4.69, 9.17) is 14.2 Å². The van der Waals surface area contributed by atoms with E-state index in [1.54, 1.807) is 7.11 Å². The Hall–Kier alpha value is -1.81. The average molecular weight is 290 g/mol. The molecule has 1 aromatic carbocycles. The van der Waals surface area contributed by atoms with Crippen molar-refractivity contribution < 1.29 is 19.0 Å². The Balaban J connectivity index is 1.88. The molecular formula is C17H22O4. The highest BCUT2D eigenvalue weighted by atomic mass is 16.5. The minimum Gasteiger partial charge on any atom is -0.497 e. The smallest absolute Gasteiger partial charge is 0.309 e. The van der Waals surface area contributed by atoms with E-state index in [1.807, 2.05) is 30.3 Å². The molecule has 1 aliphatic rings. The predicted octanol–water partition coefficient (Wildman–Crippen LogP) is 2.97. The monoisotopic (exact) mass is 290 g/mol. The van der Waals surface area contributed by atoms with Crippen molar-refractivity contribution in [3.05, 3.63) is 42.5 Å². The number of rotatable bonds is 6. The number of hydrogen-bond donors (Lipinski definition) is 0. The molecule has 0 radical (unpaired) electrons. The zero-order valence-corrected chi connectivity index (χ0v) is 12.6. The second-order valence-electron chi connectivity index (χ2n) is 5.28. The first-order valence-corrected chi connectivity index (χ1v) is 7.12. The number of esters is 1. The van der Waals surface area contributed by atoms with Crippen LogP contribution in [0.4, 0.5) is 0 Å². The van der Waals surface area contributed by atoms with Gasteiger partial charge in [-0.05, 0) is 36.5 Å². The summed E-state index contributed by atoms with van der Waals surface area (Å²) in [5.41, 5.74) is 1.09. The third kappa shape index (κ3) is 3.85. The molecule has 114 valence electrons. The van der Waals surface area contributed by atoms with Crippen molar-refractivity contribution in [1.29, 1.82) is 0 Å². The molecular weight excluding hydrogens is 268 g/mol. The molecule has 0 spiro atoms. The van der Waals surface area contributed by atoms with Crippen LogP contribution in [0, 0.1) is 11.8 Å². The molecule has 1 fully saturated rings. The molecule has 4 heteroatoms. The molecule has 1 saturated carbocycles. The van der Waals surface area contributed by atoms with Crippen molar-refractivity contribution in [3.63, 3.8) is 0 Å². The van der Waals surface area contributed by atoms with Gasteiger partial charge in [0.15, 0.2) is 0 Å². The molecule has 0 aromatic heterocycles. The fourth-order valence-electron chi connectivity index (χ4n) is 2.78. The fraction of sp³-hybridized carbons (Fsp3) is 0.471. The van der Waals surface area contributed by atoms with Crippen LogP contribution in [0.5, 0.6) is 5.75 Å². The number of methoxy groups -OCH3 is 2. The molecule has 0 unspecified atom stereocenters. The number of hydrogen-bond acceptors (Lipinski definition) is 4. The van der Waals surface area contributed by atoms with Crippen molar-refractivity contribution in [2.24, 2.45) is 11.8 Å². The van der Waals surface area contributed by atoms with E-state index in [2.05, 4.69) is 6.58 Å². The maximum atomic E-state index is 11.7. The molecule has 0 aliphatic heterocycles. The molecule has 3 atom stereocenters. The van der Waals surface area contributed by atoms with E-state index >= 15 is 0 Å². The van der Waals surface area contributed by atoms with Crippen molar-refractivity contribution >= 4 is 5.97 Å². The van der Waals surface area contributed by atoms with Gasteiger partial charge in [-0.1, -0.05) is 18.2 Å². The third-order valence-electron chi connectivity index (χ3n) is 4.02. The van der Waals surface area contributed by atoms with Crippen LogP contribution in [0.1, 0.15) is 18.4 Å². The lowest BCUT2D eigenvalue weighted by Gasteiger charge is -2.12. The molecule has 2 rings (SSSR count). The zero-order chi connectivity index (χ0) is 15.2. The Morgan fingerprint density at radius 3 is 2.57 bits per heavy atom. The summed E-state index contributed by atoms with van der Waals surface area (Å²) in [4.78, 5) is 11.7. The van der Waals surface area contributed by atoms with Crippen LogP contribution in [0.2, 0.25) is 0 Å². The Morgan fingerprint density at radius 1 is 1.29 bits per heavy atom. The van der Waals surface area contributed by atoms with Crippen molar-refractivity contribution in [2.75, 3.05) is 14.2 Å². The molecule has 1 aromatic rings. The van der Waals surface area contributed by atoms with E-state index in [0.717, 1.165) is 17.7 Å². The topological polar surface area (TPSA) is 44.8 Å². The van der Waals surface area contributed by atoms with Crippen LogP contribution < -0.4 is 4.74 Å². The Labute approximate surface area is 125 Å². The van der Waals surface area contributed by atoms with Gasteiger partial charge >= 0.3 is 5.97 Å². The van der Waals surface area contributed by atoms with Gasteiger partial charge in [-0.25, -0.2) is 0 Å². The number of allylic oxidation sites excluding steroid dienone is 1. The number of carbonyl (C=O) groups is 1. The third-order valence-corrected chi connectivity index (χ3v) is 4.02. The summed E-state index contributed by atoms with van der Waals surface area (Å²) in [6.45, 7) is 4.34. The Bertz CT molecular complexity index is 480. The fourth-order valence-corrected chi connectivity index (χ4v) is 2.78. The van der Waals surface area contributed by atoms with Gasteiger partial charge in [0.05, 0.1) is 32.8 Å². The van der Waals surface area contributed by atoms with E-state index in [9.17, 15) is 4.79 Å². The van der Waals surface area contributed by atoms with Crippen LogP contribution in [0.25, 0.3) is 0 Å². The summed E-state index contributed by atoms with van der Waals surface area (Å²) in [7, 11) is 3.07. The first-order valence-electron chi connectivity index (χ1n) is 7.12. The molecule has 0 amide bonds. The quantitative estimate of drug-likeness (QED) is 0.597. The van der Waals surface area contributed by atoms with Crippen LogP contribution in [-0.2, 0) is 20.9 Å². The maximum absolute atomic E-state index is 11.7. The molecule has 0 saturated heterocycles. The summed E-state index contributed by atoms with van der Waals surface area (Å²) < 4.78 is 15.9. The average Bonchev–Trinajstić information content (AvgIpc) is 2.96. The summed E-state index contributed by atoms with van der Waals surface area (Å²) in [5, 5.41) is 0. The number of ether oxygens (including phenoxy) is 3. The number of carbonyl (C=O) groups excluding carboxylic acids is 1. The van der Waals surface area contributed by atoms with Crippen molar-refractivity contribution in [2.45, 2.75) is 25.6 Å². The lowest BCUT2D eigenvalue weighted by Crippen LogP contribution is -2.19. The predicted molar refractivity (Wildman–Crippen MR) is 80.0 cm³/mol. The molecule has 1 aliphatic carbocycles. The standard InChI is InChI=1S/C17H22O4/c1-4-13-9-15(10-16(13)17(18)20-3)21-11-12-5-7-14(19-2)8-6-12/h4-8,13,15-16H,1,9-11H2,2-3H3/t13-,15-,16-/m0/s1. The van der Waals surface area contributed by atoms with E-state index < -0.39 is 0 Å². The van der Waals surface area contributed by atoms with Crippen molar-refractivity contribution in [3.8, 4) is 5.75 Å². The van der Waals surface area contributed by atoms with E-state index in [1.165, 1.54) is 7.11 Å². The molecule has 0 N–H and O–H groups in total. The van der Waals surface area contributed by atoms with Gasteiger partial charge < -0.3 is 14.2 Å². The number of benzene rings is 1. The minimum absolute atomic E-state index is 0.0687. The Kier molecular flexibility index (Phi) is 5.39. The van der Waals surface area contributed by atoms with Crippen molar-refractivity contribution in [1.82, 2.24) is 0 Å². The van der Waals surface area contributed by atoms with Gasteiger partial charge in [0.25, 0.3) is 0 Å². The molecule has 0 heterocycles. The van der Waals surface area contributed by atoms with Gasteiger partial charge in [0, 0.05) is 0 Å². The maximum Gasteiger partial charge on any atom is 0.309 e. The van der Waals surface area contributed by atoms with Gasteiger partial charge in [0.1, 0.15) is 5.75 Å². The highest BCUT2D eigenvalue weighted by Crippen LogP contribution is 2.35.